The first kappa shape index (κ1) is 20.2. The van der Waals surface area contributed by atoms with E-state index in [1.54, 1.807) is 12.4 Å². The summed E-state index contributed by atoms with van der Waals surface area (Å²) >= 11 is 0. The second-order valence-electron chi connectivity index (χ2n) is 7.60. The van der Waals surface area contributed by atoms with Gasteiger partial charge in [-0.05, 0) is 37.6 Å². The van der Waals surface area contributed by atoms with E-state index in [9.17, 15) is 13.2 Å². The number of halogens is 3. The maximum atomic E-state index is 12.8. The number of piperazine rings is 1. The van der Waals surface area contributed by atoms with Crippen molar-refractivity contribution in [2.24, 2.45) is 0 Å². The molecular formula is C23H23F3N4. The summed E-state index contributed by atoms with van der Waals surface area (Å²) in [5.41, 5.74) is 4.30. The monoisotopic (exact) mass is 412 g/mol. The second kappa shape index (κ2) is 7.97. The molecule has 4 rings (SSSR count). The van der Waals surface area contributed by atoms with Gasteiger partial charge in [-0.1, -0.05) is 29.8 Å². The molecule has 1 aromatic heterocycles. The van der Waals surface area contributed by atoms with Crippen molar-refractivity contribution >= 4 is 11.5 Å². The van der Waals surface area contributed by atoms with Crippen LogP contribution >= 0.6 is 0 Å². The molecule has 2 aromatic carbocycles. The zero-order valence-electron chi connectivity index (χ0n) is 16.9. The average molecular weight is 412 g/mol. The third-order valence-corrected chi connectivity index (χ3v) is 5.43. The Morgan fingerprint density at radius 2 is 1.50 bits per heavy atom. The molecule has 0 saturated carbocycles. The van der Waals surface area contributed by atoms with Gasteiger partial charge >= 0.3 is 6.18 Å². The molecule has 30 heavy (non-hydrogen) atoms. The molecule has 3 aromatic rings. The number of hydrogen-bond donors (Lipinski definition) is 0. The van der Waals surface area contributed by atoms with Crippen molar-refractivity contribution < 1.29 is 13.2 Å². The lowest BCUT2D eigenvalue weighted by atomic mass is 10.1. The first-order valence-corrected chi connectivity index (χ1v) is 9.88. The van der Waals surface area contributed by atoms with Crippen LogP contribution in [0.1, 0.15) is 16.7 Å². The van der Waals surface area contributed by atoms with Gasteiger partial charge in [-0.2, -0.15) is 13.2 Å². The van der Waals surface area contributed by atoms with Gasteiger partial charge in [0, 0.05) is 37.4 Å². The highest BCUT2D eigenvalue weighted by Gasteiger charge is 2.30. The third-order valence-electron chi connectivity index (χ3n) is 5.43. The predicted octanol–water partition coefficient (Wildman–Crippen LogP) is 5.11. The van der Waals surface area contributed by atoms with E-state index in [4.69, 9.17) is 0 Å². The zero-order valence-corrected chi connectivity index (χ0v) is 16.9. The van der Waals surface area contributed by atoms with Crippen LogP contribution in [0.25, 0.3) is 11.3 Å². The zero-order chi connectivity index (χ0) is 21.3. The Balaban J connectivity index is 1.47. The van der Waals surface area contributed by atoms with Crippen molar-refractivity contribution in [2.75, 3.05) is 36.0 Å². The van der Waals surface area contributed by atoms with Crippen molar-refractivity contribution in [3.05, 3.63) is 71.5 Å². The largest absolute Gasteiger partial charge is 0.416 e. The van der Waals surface area contributed by atoms with Crippen LogP contribution in [0.15, 0.2) is 54.9 Å². The Kier molecular flexibility index (Phi) is 5.37. The van der Waals surface area contributed by atoms with Crippen LogP contribution in [0.5, 0.6) is 0 Å². The number of anilines is 2. The number of rotatable bonds is 3. The lowest BCUT2D eigenvalue weighted by Crippen LogP contribution is -2.47. The van der Waals surface area contributed by atoms with Gasteiger partial charge in [-0.25, -0.2) is 4.98 Å². The molecule has 0 atom stereocenters. The third kappa shape index (κ3) is 4.25. The maximum absolute atomic E-state index is 12.8. The molecular weight excluding hydrogens is 389 g/mol. The summed E-state index contributed by atoms with van der Waals surface area (Å²) in [6, 6.07) is 11.5. The molecule has 7 heteroatoms. The fraction of sp³-hybridized carbons (Fsp3) is 0.304. The molecule has 1 fully saturated rings. The Morgan fingerprint density at radius 3 is 2.13 bits per heavy atom. The molecule has 2 heterocycles. The molecule has 0 unspecified atom stereocenters. The maximum Gasteiger partial charge on any atom is 0.416 e. The number of alkyl halides is 3. The minimum absolute atomic E-state index is 0.568. The van der Waals surface area contributed by atoms with Gasteiger partial charge in [0.05, 0.1) is 23.7 Å². The SMILES string of the molecule is Cc1ccc(N2CCN(c3cncc(-c4ccc(C(F)(F)F)cc4)n3)CC2)c(C)c1. The smallest absolute Gasteiger partial charge is 0.368 e. The van der Waals surface area contributed by atoms with E-state index >= 15 is 0 Å². The van der Waals surface area contributed by atoms with Crippen LogP contribution in [-0.4, -0.2) is 36.1 Å². The molecule has 1 aliphatic heterocycles. The molecule has 1 saturated heterocycles. The first-order chi connectivity index (χ1) is 14.3. The van der Waals surface area contributed by atoms with Gasteiger partial charge in [0.1, 0.15) is 5.82 Å². The number of hydrogen-bond acceptors (Lipinski definition) is 4. The van der Waals surface area contributed by atoms with Gasteiger partial charge < -0.3 is 9.80 Å². The van der Waals surface area contributed by atoms with Crippen molar-refractivity contribution in [1.82, 2.24) is 9.97 Å². The van der Waals surface area contributed by atoms with E-state index in [2.05, 4.69) is 51.8 Å². The quantitative estimate of drug-likeness (QED) is 0.599. The van der Waals surface area contributed by atoms with Gasteiger partial charge in [0.2, 0.25) is 0 Å². The van der Waals surface area contributed by atoms with E-state index < -0.39 is 11.7 Å². The molecule has 0 amide bonds. The fourth-order valence-corrected chi connectivity index (χ4v) is 3.81. The highest BCUT2D eigenvalue weighted by Crippen LogP contribution is 2.31. The molecule has 0 aliphatic carbocycles. The molecule has 0 bridgehead atoms. The lowest BCUT2D eigenvalue weighted by Gasteiger charge is -2.37. The summed E-state index contributed by atoms with van der Waals surface area (Å²) in [4.78, 5) is 13.5. The standard InChI is InChI=1S/C23H23F3N4/c1-16-3-8-21(17(2)13-16)29-9-11-30(12-10-29)22-15-27-14-20(28-22)18-4-6-19(7-5-18)23(24,25)26/h3-8,13-15H,9-12H2,1-2H3. The predicted molar refractivity (Wildman–Crippen MR) is 113 cm³/mol. The first-order valence-electron chi connectivity index (χ1n) is 9.88. The van der Waals surface area contributed by atoms with E-state index in [1.807, 2.05) is 0 Å². The van der Waals surface area contributed by atoms with Gasteiger partial charge in [0.15, 0.2) is 0 Å². The molecule has 4 nitrogen and oxygen atoms in total. The summed E-state index contributed by atoms with van der Waals surface area (Å²) < 4.78 is 38.4. The normalized spacial score (nSPS) is 14.8. The summed E-state index contributed by atoms with van der Waals surface area (Å²) in [7, 11) is 0. The second-order valence-corrected chi connectivity index (χ2v) is 7.60. The Bertz CT molecular complexity index is 1020. The fourth-order valence-electron chi connectivity index (χ4n) is 3.81. The topological polar surface area (TPSA) is 32.3 Å². The summed E-state index contributed by atoms with van der Waals surface area (Å²) in [6.45, 7) is 7.58. The van der Waals surface area contributed by atoms with E-state index in [1.165, 1.54) is 28.9 Å². The number of nitrogens with zero attached hydrogens (tertiary/aromatic N) is 4. The van der Waals surface area contributed by atoms with Crippen LogP contribution in [0, 0.1) is 13.8 Å². The average Bonchev–Trinajstić information content (AvgIpc) is 2.74. The lowest BCUT2D eigenvalue weighted by molar-refractivity contribution is -0.137. The van der Waals surface area contributed by atoms with Gasteiger partial charge in [0.25, 0.3) is 0 Å². The number of aromatic nitrogens is 2. The van der Waals surface area contributed by atoms with Gasteiger partial charge in [-0.3, -0.25) is 4.98 Å². The van der Waals surface area contributed by atoms with Crippen molar-refractivity contribution in [3.63, 3.8) is 0 Å². The molecule has 156 valence electrons. The van der Waals surface area contributed by atoms with E-state index in [-0.39, 0.29) is 0 Å². The number of benzene rings is 2. The van der Waals surface area contributed by atoms with Gasteiger partial charge in [-0.15, -0.1) is 0 Å². The van der Waals surface area contributed by atoms with Crippen molar-refractivity contribution in [3.8, 4) is 11.3 Å². The highest BCUT2D eigenvalue weighted by molar-refractivity contribution is 5.61. The van der Waals surface area contributed by atoms with Crippen molar-refractivity contribution in [2.45, 2.75) is 20.0 Å². The van der Waals surface area contributed by atoms with Crippen LogP contribution in [0.4, 0.5) is 24.7 Å². The minimum atomic E-state index is -4.35. The van der Waals surface area contributed by atoms with Crippen molar-refractivity contribution in [1.29, 1.82) is 0 Å². The summed E-state index contributed by atoms with van der Waals surface area (Å²) in [6.07, 6.45) is -1.06. The Labute approximate surface area is 174 Å². The highest BCUT2D eigenvalue weighted by atomic mass is 19.4. The van der Waals surface area contributed by atoms with Crippen LogP contribution in [0.3, 0.4) is 0 Å². The molecule has 1 aliphatic rings. The van der Waals surface area contributed by atoms with Crippen LogP contribution < -0.4 is 9.80 Å². The number of aryl methyl sites for hydroxylation is 2. The van der Waals surface area contributed by atoms with Crippen LogP contribution in [0.2, 0.25) is 0 Å². The molecule has 0 N–H and O–H groups in total. The van der Waals surface area contributed by atoms with E-state index in [0.717, 1.165) is 44.1 Å². The Morgan fingerprint density at radius 1 is 0.833 bits per heavy atom. The van der Waals surface area contributed by atoms with Crippen LogP contribution in [-0.2, 0) is 6.18 Å². The summed E-state index contributed by atoms with van der Waals surface area (Å²) in [5, 5.41) is 0. The molecule has 0 spiro atoms. The minimum Gasteiger partial charge on any atom is -0.368 e. The van der Waals surface area contributed by atoms with E-state index in [0.29, 0.717) is 11.3 Å². The molecule has 0 radical (unpaired) electrons. The Hall–Kier alpha value is -3.09. The summed E-state index contributed by atoms with van der Waals surface area (Å²) in [5.74, 6) is 0.743.